The molecule has 0 aliphatic carbocycles. The van der Waals surface area contributed by atoms with Gasteiger partial charge in [0.05, 0.1) is 5.56 Å². The lowest BCUT2D eigenvalue weighted by Crippen LogP contribution is -2.13. The fourth-order valence-corrected chi connectivity index (χ4v) is 3.63. The number of halogens is 1. The van der Waals surface area contributed by atoms with Gasteiger partial charge in [-0.2, -0.15) is 0 Å². The van der Waals surface area contributed by atoms with Gasteiger partial charge in [0.15, 0.2) is 5.58 Å². The molecule has 4 aromatic rings. The van der Waals surface area contributed by atoms with Gasteiger partial charge < -0.3 is 9.73 Å². The summed E-state index contributed by atoms with van der Waals surface area (Å²) in [7, 11) is 0. The second-order valence-corrected chi connectivity index (χ2v) is 8.08. The first-order valence-electron chi connectivity index (χ1n) is 9.08. The number of amides is 1. The summed E-state index contributed by atoms with van der Waals surface area (Å²) in [5.41, 5.74) is 5.00. The zero-order chi connectivity index (χ0) is 19.7. The molecule has 140 valence electrons. The highest BCUT2D eigenvalue weighted by Gasteiger charge is 2.13. The minimum absolute atomic E-state index is 0.138. The molecule has 0 spiro atoms. The van der Waals surface area contributed by atoms with Crippen LogP contribution in [0.4, 0.5) is 5.69 Å². The summed E-state index contributed by atoms with van der Waals surface area (Å²) in [6.07, 6.45) is 0. The number of rotatable bonds is 4. The number of carbonyl (C=O) groups excluding carboxylic acids is 1. The van der Waals surface area contributed by atoms with Crippen LogP contribution in [0, 0.1) is 3.57 Å². The van der Waals surface area contributed by atoms with E-state index in [0.717, 1.165) is 20.2 Å². The number of hydrogen-bond acceptors (Lipinski definition) is 3. The lowest BCUT2D eigenvalue weighted by molar-refractivity contribution is 0.102. The highest BCUT2D eigenvalue weighted by molar-refractivity contribution is 14.1. The Bertz CT molecular complexity index is 1160. The van der Waals surface area contributed by atoms with Gasteiger partial charge in [-0.05, 0) is 76.5 Å². The van der Waals surface area contributed by atoms with Crippen molar-refractivity contribution in [1.82, 2.24) is 4.98 Å². The van der Waals surface area contributed by atoms with Crippen molar-refractivity contribution in [3.63, 3.8) is 0 Å². The first-order valence-corrected chi connectivity index (χ1v) is 10.2. The van der Waals surface area contributed by atoms with Crippen LogP contribution >= 0.6 is 22.6 Å². The van der Waals surface area contributed by atoms with Crippen LogP contribution in [0.1, 0.15) is 35.7 Å². The van der Waals surface area contributed by atoms with Crippen LogP contribution in [0.15, 0.2) is 71.1 Å². The molecule has 0 atom stereocenters. The fourth-order valence-electron chi connectivity index (χ4n) is 3.00. The van der Waals surface area contributed by atoms with E-state index in [1.54, 1.807) is 0 Å². The summed E-state index contributed by atoms with van der Waals surface area (Å²) >= 11 is 2.16. The molecule has 28 heavy (non-hydrogen) atoms. The van der Waals surface area contributed by atoms with Gasteiger partial charge in [-0.3, -0.25) is 4.79 Å². The zero-order valence-electron chi connectivity index (χ0n) is 15.6. The standard InChI is InChI=1S/C23H19IN2O2/c1-14(2)15-10-11-21-20(13-15)26-23(28-21)16-6-5-7-17(12-16)25-22(27)18-8-3-4-9-19(18)24/h3-14H,1-2H3,(H,25,27). The highest BCUT2D eigenvalue weighted by Crippen LogP contribution is 2.28. The molecule has 1 amide bonds. The average molecular weight is 482 g/mol. The van der Waals surface area contributed by atoms with Crippen molar-refractivity contribution in [3.8, 4) is 11.5 Å². The van der Waals surface area contributed by atoms with Crippen LogP contribution in [-0.4, -0.2) is 10.9 Å². The molecular weight excluding hydrogens is 463 g/mol. The van der Waals surface area contributed by atoms with E-state index in [1.807, 2.05) is 54.6 Å². The van der Waals surface area contributed by atoms with Crippen molar-refractivity contribution in [2.45, 2.75) is 19.8 Å². The SMILES string of the molecule is CC(C)c1ccc2oc(-c3cccc(NC(=O)c4ccccc4I)c3)nc2c1. The van der Waals surface area contributed by atoms with E-state index in [4.69, 9.17) is 4.42 Å². The zero-order valence-corrected chi connectivity index (χ0v) is 17.7. The molecule has 1 heterocycles. The van der Waals surface area contributed by atoms with Gasteiger partial charge in [-0.1, -0.05) is 38.1 Å². The maximum Gasteiger partial charge on any atom is 0.256 e. The molecule has 1 aromatic heterocycles. The largest absolute Gasteiger partial charge is 0.436 e. The van der Waals surface area contributed by atoms with Crippen molar-refractivity contribution in [2.75, 3.05) is 5.32 Å². The Morgan fingerprint density at radius 3 is 2.64 bits per heavy atom. The van der Waals surface area contributed by atoms with Gasteiger partial charge in [-0.25, -0.2) is 4.98 Å². The van der Waals surface area contributed by atoms with E-state index in [2.05, 4.69) is 58.9 Å². The number of hydrogen-bond donors (Lipinski definition) is 1. The molecule has 0 saturated heterocycles. The van der Waals surface area contributed by atoms with Crippen LogP contribution in [0.3, 0.4) is 0 Å². The maximum absolute atomic E-state index is 12.6. The van der Waals surface area contributed by atoms with Crippen molar-refractivity contribution in [2.24, 2.45) is 0 Å². The van der Waals surface area contributed by atoms with Gasteiger partial charge in [-0.15, -0.1) is 0 Å². The number of nitrogens with one attached hydrogen (secondary N) is 1. The van der Waals surface area contributed by atoms with Crippen LogP contribution in [-0.2, 0) is 0 Å². The van der Waals surface area contributed by atoms with Crippen molar-refractivity contribution in [3.05, 3.63) is 81.4 Å². The molecule has 0 radical (unpaired) electrons. The third kappa shape index (κ3) is 3.80. The molecule has 0 aliphatic rings. The van der Waals surface area contributed by atoms with Crippen LogP contribution < -0.4 is 5.32 Å². The summed E-state index contributed by atoms with van der Waals surface area (Å²) < 4.78 is 6.84. The Labute approximate surface area is 177 Å². The van der Waals surface area contributed by atoms with Gasteiger partial charge in [0.25, 0.3) is 5.91 Å². The van der Waals surface area contributed by atoms with E-state index in [-0.39, 0.29) is 5.91 Å². The first kappa shape index (κ1) is 18.7. The van der Waals surface area contributed by atoms with Gasteiger partial charge in [0.2, 0.25) is 5.89 Å². The Hall–Kier alpha value is -2.67. The molecule has 3 aromatic carbocycles. The number of benzene rings is 3. The normalized spacial score (nSPS) is 11.1. The quantitative estimate of drug-likeness (QED) is 0.339. The summed E-state index contributed by atoms with van der Waals surface area (Å²) in [6.45, 7) is 4.31. The predicted molar refractivity (Wildman–Crippen MR) is 121 cm³/mol. The average Bonchev–Trinajstić information content (AvgIpc) is 3.12. The summed E-state index contributed by atoms with van der Waals surface area (Å²) in [5.74, 6) is 0.839. The molecule has 0 fully saturated rings. The number of anilines is 1. The topological polar surface area (TPSA) is 55.1 Å². The molecule has 4 nitrogen and oxygen atoms in total. The first-order chi connectivity index (χ1) is 13.5. The number of nitrogens with zero attached hydrogens (tertiary/aromatic N) is 1. The van der Waals surface area contributed by atoms with E-state index < -0.39 is 0 Å². The Morgan fingerprint density at radius 2 is 1.86 bits per heavy atom. The highest BCUT2D eigenvalue weighted by atomic mass is 127. The number of oxazole rings is 1. The predicted octanol–water partition coefficient (Wildman–Crippen LogP) is 6.48. The monoisotopic (exact) mass is 482 g/mol. The lowest BCUT2D eigenvalue weighted by atomic mass is 10.0. The van der Waals surface area contributed by atoms with E-state index in [9.17, 15) is 4.79 Å². The van der Waals surface area contributed by atoms with Gasteiger partial charge in [0.1, 0.15) is 5.52 Å². The third-order valence-electron chi connectivity index (χ3n) is 4.56. The molecule has 1 N–H and O–H groups in total. The molecule has 0 aliphatic heterocycles. The molecular formula is C23H19IN2O2. The summed E-state index contributed by atoms with van der Waals surface area (Å²) in [4.78, 5) is 17.2. The van der Waals surface area contributed by atoms with Crippen molar-refractivity contribution in [1.29, 1.82) is 0 Å². The molecule has 0 unspecified atom stereocenters. The van der Waals surface area contributed by atoms with Crippen molar-refractivity contribution < 1.29 is 9.21 Å². The van der Waals surface area contributed by atoms with E-state index in [1.165, 1.54) is 5.56 Å². The minimum atomic E-state index is -0.138. The van der Waals surface area contributed by atoms with Crippen LogP contribution in [0.5, 0.6) is 0 Å². The van der Waals surface area contributed by atoms with Crippen LogP contribution in [0.25, 0.3) is 22.6 Å². The maximum atomic E-state index is 12.6. The van der Waals surface area contributed by atoms with E-state index in [0.29, 0.717) is 23.1 Å². The minimum Gasteiger partial charge on any atom is -0.436 e. The fraction of sp³-hybridized carbons (Fsp3) is 0.130. The van der Waals surface area contributed by atoms with Gasteiger partial charge in [0, 0.05) is 14.8 Å². The molecule has 4 rings (SSSR count). The number of aromatic nitrogens is 1. The Balaban J connectivity index is 1.63. The Morgan fingerprint density at radius 1 is 1.04 bits per heavy atom. The number of fused-ring (bicyclic) bond motifs is 1. The Kier molecular flexibility index (Phi) is 5.17. The lowest BCUT2D eigenvalue weighted by Gasteiger charge is -2.07. The van der Waals surface area contributed by atoms with E-state index >= 15 is 0 Å². The summed E-state index contributed by atoms with van der Waals surface area (Å²) in [6, 6.07) is 21.1. The second-order valence-electron chi connectivity index (χ2n) is 6.92. The smallest absolute Gasteiger partial charge is 0.256 e. The van der Waals surface area contributed by atoms with Gasteiger partial charge >= 0.3 is 0 Å². The second kappa shape index (κ2) is 7.75. The third-order valence-corrected chi connectivity index (χ3v) is 5.50. The van der Waals surface area contributed by atoms with Crippen LogP contribution in [0.2, 0.25) is 0 Å². The van der Waals surface area contributed by atoms with Crippen molar-refractivity contribution >= 4 is 45.3 Å². The molecule has 5 heteroatoms. The molecule has 0 saturated carbocycles. The summed E-state index contributed by atoms with van der Waals surface area (Å²) in [5, 5.41) is 2.95. The molecule has 0 bridgehead atoms. The number of carbonyl (C=O) groups is 1.